The number of rotatable bonds is 2. The number of nitrogens with zero attached hydrogens (tertiary/aromatic N) is 1. The molecule has 6 heteroatoms. The lowest BCUT2D eigenvalue weighted by Crippen LogP contribution is -2.49. The summed E-state index contributed by atoms with van der Waals surface area (Å²) in [6.45, 7) is 2.80. The zero-order valence-electron chi connectivity index (χ0n) is 11.8. The fourth-order valence-corrected chi connectivity index (χ4v) is 3.27. The van der Waals surface area contributed by atoms with E-state index in [2.05, 4.69) is 5.32 Å². The Labute approximate surface area is 136 Å². The van der Waals surface area contributed by atoms with Crippen LogP contribution in [-0.4, -0.2) is 43.2 Å². The Hall–Kier alpha value is -0.810. The summed E-state index contributed by atoms with van der Waals surface area (Å²) in [5.74, 6) is 0.0830. The van der Waals surface area contributed by atoms with E-state index in [0.717, 1.165) is 36.5 Å². The molecule has 0 spiro atoms. The van der Waals surface area contributed by atoms with Gasteiger partial charge in [0.1, 0.15) is 6.10 Å². The Bertz CT molecular complexity index is 492. The standard InChI is InChI=1S/C15H19ClN2O2.ClH/c16-12-5-2-1-4-11(12)13-6-3-8-18(13)15(19)14-10-17-7-9-20-14;/h1-2,4-5,13-14,17H,3,6-10H2;1H. The molecular formula is C15H20Cl2N2O2. The third-order valence-electron chi connectivity index (χ3n) is 4.00. The Morgan fingerprint density at radius 3 is 2.90 bits per heavy atom. The fraction of sp³-hybridized carbons (Fsp3) is 0.533. The van der Waals surface area contributed by atoms with E-state index < -0.39 is 0 Å². The number of nitrogens with one attached hydrogen (secondary N) is 1. The molecular weight excluding hydrogens is 311 g/mol. The Morgan fingerprint density at radius 2 is 2.19 bits per heavy atom. The Morgan fingerprint density at radius 1 is 1.38 bits per heavy atom. The monoisotopic (exact) mass is 330 g/mol. The van der Waals surface area contributed by atoms with Crippen molar-refractivity contribution in [3.05, 3.63) is 34.9 Å². The topological polar surface area (TPSA) is 41.6 Å². The van der Waals surface area contributed by atoms with E-state index in [1.54, 1.807) is 0 Å². The summed E-state index contributed by atoms with van der Waals surface area (Å²) in [7, 11) is 0. The molecule has 3 rings (SSSR count). The van der Waals surface area contributed by atoms with Crippen molar-refractivity contribution in [3.63, 3.8) is 0 Å². The summed E-state index contributed by atoms with van der Waals surface area (Å²) >= 11 is 6.28. The number of halogens is 2. The highest BCUT2D eigenvalue weighted by molar-refractivity contribution is 6.31. The van der Waals surface area contributed by atoms with Crippen LogP contribution in [0.3, 0.4) is 0 Å². The van der Waals surface area contributed by atoms with Crippen molar-refractivity contribution in [2.45, 2.75) is 25.0 Å². The van der Waals surface area contributed by atoms with Crippen molar-refractivity contribution in [2.75, 3.05) is 26.2 Å². The van der Waals surface area contributed by atoms with Gasteiger partial charge in [-0.1, -0.05) is 29.8 Å². The molecule has 1 aromatic rings. The first-order chi connectivity index (χ1) is 9.77. The zero-order valence-corrected chi connectivity index (χ0v) is 13.3. The molecule has 1 amide bonds. The minimum absolute atomic E-state index is 0. The number of carbonyl (C=O) groups excluding carboxylic acids is 1. The highest BCUT2D eigenvalue weighted by atomic mass is 35.5. The van der Waals surface area contributed by atoms with Crippen LogP contribution in [0.25, 0.3) is 0 Å². The molecule has 116 valence electrons. The van der Waals surface area contributed by atoms with E-state index in [9.17, 15) is 4.79 Å². The maximum absolute atomic E-state index is 12.6. The van der Waals surface area contributed by atoms with Gasteiger partial charge in [-0.2, -0.15) is 0 Å². The van der Waals surface area contributed by atoms with Gasteiger partial charge in [0.2, 0.25) is 0 Å². The third-order valence-corrected chi connectivity index (χ3v) is 4.35. The second-order valence-corrected chi connectivity index (χ2v) is 5.68. The van der Waals surface area contributed by atoms with Gasteiger partial charge in [-0.3, -0.25) is 4.79 Å². The van der Waals surface area contributed by atoms with Crippen LogP contribution < -0.4 is 5.32 Å². The second-order valence-electron chi connectivity index (χ2n) is 5.27. The summed E-state index contributed by atoms with van der Waals surface area (Å²) in [6.07, 6.45) is 1.63. The van der Waals surface area contributed by atoms with Crippen molar-refractivity contribution < 1.29 is 9.53 Å². The summed E-state index contributed by atoms with van der Waals surface area (Å²) in [4.78, 5) is 14.5. The summed E-state index contributed by atoms with van der Waals surface area (Å²) < 4.78 is 5.58. The SMILES string of the molecule is Cl.O=C(C1CNCCO1)N1CCCC1c1ccccc1Cl. The zero-order chi connectivity index (χ0) is 13.9. The minimum atomic E-state index is -0.355. The van der Waals surface area contributed by atoms with Crippen molar-refractivity contribution in [3.8, 4) is 0 Å². The molecule has 2 aliphatic heterocycles. The average molecular weight is 331 g/mol. The van der Waals surface area contributed by atoms with Crippen LogP contribution in [0.2, 0.25) is 5.02 Å². The van der Waals surface area contributed by atoms with Gasteiger partial charge in [-0.15, -0.1) is 12.4 Å². The molecule has 2 unspecified atom stereocenters. The molecule has 2 saturated heterocycles. The molecule has 21 heavy (non-hydrogen) atoms. The first kappa shape index (κ1) is 16.6. The van der Waals surface area contributed by atoms with Crippen LogP contribution in [-0.2, 0) is 9.53 Å². The van der Waals surface area contributed by atoms with Crippen molar-refractivity contribution in [1.29, 1.82) is 0 Å². The third kappa shape index (κ3) is 3.51. The van der Waals surface area contributed by atoms with E-state index in [0.29, 0.717) is 13.2 Å². The van der Waals surface area contributed by atoms with E-state index in [-0.39, 0.29) is 30.5 Å². The van der Waals surface area contributed by atoms with Gasteiger partial charge in [-0.25, -0.2) is 0 Å². The predicted molar refractivity (Wildman–Crippen MR) is 85.0 cm³/mol. The van der Waals surface area contributed by atoms with Crippen molar-refractivity contribution >= 4 is 29.9 Å². The molecule has 1 aromatic carbocycles. The minimum Gasteiger partial charge on any atom is -0.366 e. The van der Waals surface area contributed by atoms with Gasteiger partial charge in [-0.05, 0) is 24.5 Å². The maximum Gasteiger partial charge on any atom is 0.253 e. The molecule has 4 nitrogen and oxygen atoms in total. The first-order valence-corrected chi connectivity index (χ1v) is 7.52. The first-order valence-electron chi connectivity index (χ1n) is 7.14. The number of amides is 1. The molecule has 0 radical (unpaired) electrons. The molecule has 0 saturated carbocycles. The predicted octanol–water partition coefficient (Wildman–Crippen LogP) is 2.41. The van der Waals surface area contributed by atoms with Crippen LogP contribution in [0.15, 0.2) is 24.3 Å². The molecule has 1 N–H and O–H groups in total. The average Bonchev–Trinajstić information content (AvgIpc) is 2.97. The van der Waals surface area contributed by atoms with Crippen LogP contribution in [0.1, 0.15) is 24.4 Å². The molecule has 0 aromatic heterocycles. The number of hydrogen-bond acceptors (Lipinski definition) is 3. The summed E-state index contributed by atoms with van der Waals surface area (Å²) in [5, 5.41) is 3.94. The van der Waals surface area contributed by atoms with Gasteiger partial charge < -0.3 is 15.0 Å². The van der Waals surface area contributed by atoms with Gasteiger partial charge in [0.15, 0.2) is 0 Å². The molecule has 2 heterocycles. The van der Waals surface area contributed by atoms with E-state index in [4.69, 9.17) is 16.3 Å². The molecule has 0 aliphatic carbocycles. The van der Waals surface area contributed by atoms with Crippen molar-refractivity contribution in [1.82, 2.24) is 10.2 Å². The Kier molecular flexibility index (Phi) is 5.88. The van der Waals surface area contributed by atoms with E-state index in [1.165, 1.54) is 0 Å². The van der Waals surface area contributed by atoms with Gasteiger partial charge in [0, 0.05) is 24.7 Å². The summed E-state index contributed by atoms with van der Waals surface area (Å²) in [6, 6.07) is 7.87. The quantitative estimate of drug-likeness (QED) is 0.905. The lowest BCUT2D eigenvalue weighted by atomic mass is 10.0. The number of likely N-dealkylation sites (tertiary alicyclic amines) is 1. The number of hydrogen-bond donors (Lipinski definition) is 1. The smallest absolute Gasteiger partial charge is 0.253 e. The lowest BCUT2D eigenvalue weighted by Gasteiger charge is -2.31. The number of benzene rings is 1. The van der Waals surface area contributed by atoms with E-state index >= 15 is 0 Å². The van der Waals surface area contributed by atoms with Crippen LogP contribution >= 0.6 is 24.0 Å². The molecule has 2 fully saturated rings. The second kappa shape index (κ2) is 7.45. The molecule has 2 aliphatic rings. The van der Waals surface area contributed by atoms with Gasteiger partial charge in [0.05, 0.1) is 12.6 Å². The molecule has 2 atom stereocenters. The van der Waals surface area contributed by atoms with E-state index in [1.807, 2.05) is 29.2 Å². The fourth-order valence-electron chi connectivity index (χ4n) is 3.01. The Balaban J connectivity index is 0.00000161. The number of ether oxygens (including phenoxy) is 1. The highest BCUT2D eigenvalue weighted by Gasteiger charge is 2.35. The maximum atomic E-state index is 12.6. The number of morpholine rings is 1. The van der Waals surface area contributed by atoms with Gasteiger partial charge >= 0.3 is 0 Å². The van der Waals surface area contributed by atoms with Crippen LogP contribution in [0.5, 0.6) is 0 Å². The molecule has 0 bridgehead atoms. The van der Waals surface area contributed by atoms with Crippen LogP contribution in [0, 0.1) is 0 Å². The van der Waals surface area contributed by atoms with Crippen LogP contribution in [0.4, 0.5) is 0 Å². The number of carbonyl (C=O) groups is 1. The summed E-state index contributed by atoms with van der Waals surface area (Å²) in [5.41, 5.74) is 1.05. The van der Waals surface area contributed by atoms with Crippen molar-refractivity contribution in [2.24, 2.45) is 0 Å². The highest BCUT2D eigenvalue weighted by Crippen LogP contribution is 2.36. The lowest BCUT2D eigenvalue weighted by molar-refractivity contribution is -0.146. The largest absolute Gasteiger partial charge is 0.366 e. The normalized spacial score (nSPS) is 25.5. The van der Waals surface area contributed by atoms with Gasteiger partial charge in [0.25, 0.3) is 5.91 Å².